The number of alkyl halides is 3. The number of nitrogens with one attached hydrogen (secondary N) is 2. The van der Waals surface area contributed by atoms with Crippen molar-refractivity contribution in [2.24, 2.45) is 0 Å². The average molecular weight is 485 g/mol. The van der Waals surface area contributed by atoms with E-state index in [1.165, 1.54) is 17.0 Å². The second-order valence-electron chi connectivity index (χ2n) is 7.49. The third-order valence-corrected chi connectivity index (χ3v) is 6.91. The van der Waals surface area contributed by atoms with Crippen LogP contribution in [0.15, 0.2) is 47.4 Å². The number of carbonyl (C=O) groups is 1. The molecule has 2 N–H and O–H groups in total. The summed E-state index contributed by atoms with van der Waals surface area (Å²) in [6.45, 7) is 1.23. The first kappa shape index (κ1) is 22.8. The van der Waals surface area contributed by atoms with Gasteiger partial charge in [-0.15, -0.1) is 0 Å². The summed E-state index contributed by atoms with van der Waals surface area (Å²) in [4.78, 5) is 26.1. The molecule has 0 unspecified atom stereocenters. The maximum Gasteiger partial charge on any atom is 0.416 e. The van der Waals surface area contributed by atoms with Crippen LogP contribution in [0, 0.1) is 10.1 Å². The van der Waals surface area contributed by atoms with Gasteiger partial charge >= 0.3 is 6.18 Å². The van der Waals surface area contributed by atoms with Gasteiger partial charge in [-0.1, -0.05) is 0 Å². The van der Waals surface area contributed by atoms with E-state index >= 15 is 0 Å². The van der Waals surface area contributed by atoms with Gasteiger partial charge in [0.25, 0.3) is 11.6 Å². The number of sulfonamides is 1. The second-order valence-corrected chi connectivity index (χ2v) is 9.18. The summed E-state index contributed by atoms with van der Waals surface area (Å²) >= 11 is 0. The summed E-state index contributed by atoms with van der Waals surface area (Å²) in [5, 5.41) is 13.3. The summed E-state index contributed by atoms with van der Waals surface area (Å²) in [5.74, 6) is -0.620. The van der Waals surface area contributed by atoms with Crippen LogP contribution in [0.2, 0.25) is 0 Å². The van der Waals surface area contributed by atoms with Crippen molar-refractivity contribution in [1.29, 1.82) is 0 Å². The fourth-order valence-electron chi connectivity index (χ4n) is 3.72. The number of anilines is 2. The summed E-state index contributed by atoms with van der Waals surface area (Å²) in [7, 11) is -4.19. The van der Waals surface area contributed by atoms with Gasteiger partial charge < -0.3 is 15.1 Å². The van der Waals surface area contributed by atoms with Crippen molar-refractivity contribution in [3.63, 3.8) is 0 Å². The number of fused-ring (bicyclic) bond motifs is 1. The van der Waals surface area contributed by atoms with E-state index in [0.29, 0.717) is 25.2 Å². The fourth-order valence-corrected chi connectivity index (χ4v) is 4.97. The van der Waals surface area contributed by atoms with E-state index in [1.807, 2.05) is 4.90 Å². The fraction of sp³-hybridized carbons (Fsp3) is 0.316. The van der Waals surface area contributed by atoms with Gasteiger partial charge in [-0.3, -0.25) is 14.9 Å². The second kappa shape index (κ2) is 8.19. The number of nitrogens with zero attached hydrogens (tertiary/aromatic N) is 3. The zero-order valence-corrected chi connectivity index (χ0v) is 17.7. The van der Waals surface area contributed by atoms with Crippen molar-refractivity contribution in [3.05, 3.63) is 58.1 Å². The van der Waals surface area contributed by atoms with E-state index in [1.54, 1.807) is 12.1 Å². The lowest BCUT2D eigenvalue weighted by molar-refractivity contribution is -0.384. The van der Waals surface area contributed by atoms with E-state index in [2.05, 4.69) is 10.0 Å². The molecule has 2 aliphatic rings. The first-order valence-corrected chi connectivity index (χ1v) is 11.2. The molecule has 2 aromatic rings. The number of benzene rings is 2. The van der Waals surface area contributed by atoms with Crippen molar-refractivity contribution in [2.45, 2.75) is 17.2 Å². The quantitative estimate of drug-likeness (QED) is 0.503. The lowest BCUT2D eigenvalue weighted by Crippen LogP contribution is -2.58. The number of rotatable bonds is 3. The standard InChI is InChI=1S/C19H18F3N5O5S/c20-19(21,22)12-1-6-16-15(11-12)23-17(24-33(16,31)32)18(28)26-9-7-25(8-10-26)13-2-4-14(5-3-13)27(29)30/h1-6,11,17,23-24H,7-10H2/t17-/m0/s1. The van der Waals surface area contributed by atoms with Crippen LogP contribution in [0.4, 0.5) is 30.2 Å². The lowest BCUT2D eigenvalue weighted by Gasteiger charge is -2.38. The Morgan fingerprint density at radius 3 is 2.27 bits per heavy atom. The number of nitro groups is 1. The molecule has 0 aromatic heterocycles. The van der Waals surface area contributed by atoms with Gasteiger partial charge in [-0.05, 0) is 30.3 Å². The van der Waals surface area contributed by atoms with E-state index in [-0.39, 0.29) is 29.4 Å². The van der Waals surface area contributed by atoms with Gasteiger partial charge in [-0.25, -0.2) is 8.42 Å². The van der Waals surface area contributed by atoms with Gasteiger partial charge in [0.2, 0.25) is 10.0 Å². The molecule has 2 aromatic carbocycles. The number of amides is 1. The van der Waals surface area contributed by atoms with E-state index in [4.69, 9.17) is 0 Å². The van der Waals surface area contributed by atoms with E-state index in [9.17, 15) is 36.5 Å². The number of non-ortho nitro benzene ring substituents is 1. The summed E-state index contributed by atoms with van der Waals surface area (Å²) in [6.07, 6.45) is -6.11. The Labute approximate surface area is 186 Å². The molecular formula is C19H18F3N5O5S. The summed E-state index contributed by atoms with van der Waals surface area (Å²) in [6, 6.07) is 8.13. The van der Waals surface area contributed by atoms with Crippen molar-refractivity contribution < 1.29 is 31.3 Å². The minimum absolute atomic E-state index is 0.0443. The average Bonchev–Trinajstić information content (AvgIpc) is 2.77. The molecule has 0 radical (unpaired) electrons. The van der Waals surface area contributed by atoms with Gasteiger partial charge in [0.15, 0.2) is 6.17 Å². The molecule has 0 bridgehead atoms. The highest BCUT2D eigenvalue weighted by Gasteiger charge is 2.38. The number of carbonyl (C=O) groups excluding carboxylic acids is 1. The number of hydrogen-bond acceptors (Lipinski definition) is 7. The first-order valence-electron chi connectivity index (χ1n) is 9.74. The Bertz CT molecular complexity index is 1200. The van der Waals surface area contributed by atoms with Crippen LogP contribution in [0.3, 0.4) is 0 Å². The number of halogens is 3. The van der Waals surface area contributed by atoms with Crippen LogP contribution in [0.5, 0.6) is 0 Å². The SMILES string of the molecule is O=C([C@H]1Nc2cc(C(F)(F)F)ccc2S(=O)(=O)N1)N1CCN(c2ccc([N+](=O)[O-])cc2)CC1. The molecular weight excluding hydrogens is 467 g/mol. The molecule has 0 saturated carbocycles. The van der Waals surface area contributed by atoms with Crippen LogP contribution in [0.25, 0.3) is 0 Å². The normalized spacial score (nSPS) is 20.0. The summed E-state index contributed by atoms with van der Waals surface area (Å²) < 4.78 is 66.2. The molecule has 0 spiro atoms. The highest BCUT2D eigenvalue weighted by molar-refractivity contribution is 7.89. The van der Waals surface area contributed by atoms with Gasteiger partial charge in [-0.2, -0.15) is 17.9 Å². The molecule has 1 fully saturated rings. The van der Waals surface area contributed by atoms with Crippen LogP contribution in [-0.2, 0) is 21.0 Å². The molecule has 14 heteroatoms. The molecule has 1 amide bonds. The van der Waals surface area contributed by atoms with Crippen LogP contribution in [-0.4, -0.2) is 56.5 Å². The smallest absolute Gasteiger partial charge is 0.368 e. The van der Waals surface area contributed by atoms with Crippen LogP contribution >= 0.6 is 0 Å². The number of piperazine rings is 1. The zero-order valence-electron chi connectivity index (χ0n) is 16.9. The molecule has 2 aliphatic heterocycles. The van der Waals surface area contributed by atoms with Crippen molar-refractivity contribution in [3.8, 4) is 0 Å². The summed E-state index contributed by atoms with van der Waals surface area (Å²) in [5.41, 5.74) is -0.643. The highest BCUT2D eigenvalue weighted by atomic mass is 32.2. The first-order chi connectivity index (χ1) is 15.5. The highest BCUT2D eigenvalue weighted by Crippen LogP contribution is 2.35. The zero-order chi connectivity index (χ0) is 24.0. The lowest BCUT2D eigenvalue weighted by atomic mass is 10.2. The van der Waals surface area contributed by atoms with Gasteiger partial charge in [0.1, 0.15) is 4.90 Å². The minimum atomic E-state index is -4.67. The van der Waals surface area contributed by atoms with Crippen molar-refractivity contribution in [1.82, 2.24) is 9.62 Å². The molecule has 1 saturated heterocycles. The van der Waals surface area contributed by atoms with Crippen molar-refractivity contribution in [2.75, 3.05) is 36.4 Å². The Hall–Kier alpha value is -3.39. The van der Waals surface area contributed by atoms with E-state index in [0.717, 1.165) is 11.8 Å². The Kier molecular flexibility index (Phi) is 5.66. The van der Waals surface area contributed by atoms with Gasteiger partial charge in [0, 0.05) is 44.0 Å². The number of nitro benzene ring substituents is 1. The predicted molar refractivity (Wildman–Crippen MR) is 111 cm³/mol. The number of hydrogen-bond donors (Lipinski definition) is 2. The topological polar surface area (TPSA) is 125 Å². The Morgan fingerprint density at radius 1 is 1.06 bits per heavy atom. The van der Waals surface area contributed by atoms with E-state index < -0.39 is 38.8 Å². The molecule has 0 aliphatic carbocycles. The van der Waals surface area contributed by atoms with Gasteiger partial charge in [0.05, 0.1) is 16.2 Å². The molecule has 2 heterocycles. The maximum absolute atomic E-state index is 13.0. The molecule has 1 atom stereocenters. The Balaban J connectivity index is 1.45. The predicted octanol–water partition coefficient (Wildman–Crippen LogP) is 1.99. The van der Waals surface area contributed by atoms with Crippen molar-refractivity contribution >= 4 is 33.0 Å². The minimum Gasteiger partial charge on any atom is -0.368 e. The van der Waals surface area contributed by atoms with Crippen LogP contribution in [0.1, 0.15) is 5.56 Å². The maximum atomic E-state index is 13.0. The Morgan fingerprint density at radius 2 is 1.70 bits per heavy atom. The molecule has 10 nitrogen and oxygen atoms in total. The third-order valence-electron chi connectivity index (χ3n) is 5.43. The molecule has 33 heavy (non-hydrogen) atoms. The molecule has 176 valence electrons. The largest absolute Gasteiger partial charge is 0.416 e. The third kappa shape index (κ3) is 4.57. The van der Waals surface area contributed by atoms with Crippen LogP contribution < -0.4 is 14.9 Å². The monoisotopic (exact) mass is 485 g/mol. The molecule has 4 rings (SSSR count).